The molecule has 0 spiro atoms. The highest BCUT2D eigenvalue weighted by Gasteiger charge is 2.37. The molecule has 0 aromatic heterocycles. The predicted octanol–water partition coefficient (Wildman–Crippen LogP) is 2.25. The Kier molecular flexibility index (Phi) is 3.66. The lowest BCUT2D eigenvalue weighted by molar-refractivity contribution is -0.141. The number of aliphatic carboxylic acids is 1. The van der Waals surface area contributed by atoms with Crippen molar-refractivity contribution in [3.8, 4) is 0 Å². The number of carboxylic acids is 1. The van der Waals surface area contributed by atoms with Crippen LogP contribution in [0, 0.1) is 18.7 Å². The van der Waals surface area contributed by atoms with Gasteiger partial charge in [0.05, 0.1) is 5.92 Å². The number of carboxylic acid groups (broad SMARTS) is 1. The van der Waals surface area contributed by atoms with E-state index in [-0.39, 0.29) is 11.7 Å². The molecule has 1 aliphatic heterocycles. The second-order valence-corrected chi connectivity index (χ2v) is 4.91. The smallest absolute Gasteiger partial charge is 0.308 e. The van der Waals surface area contributed by atoms with Crippen LogP contribution in [0.4, 0.5) is 4.39 Å². The molecule has 0 saturated carbocycles. The summed E-state index contributed by atoms with van der Waals surface area (Å²) in [6.45, 7) is 5.89. The van der Waals surface area contributed by atoms with Gasteiger partial charge in [0.15, 0.2) is 0 Å². The molecule has 1 saturated heterocycles. The summed E-state index contributed by atoms with van der Waals surface area (Å²) in [7, 11) is 0. The number of benzene rings is 1. The number of hydrogen-bond acceptors (Lipinski definition) is 2. The molecule has 0 bridgehead atoms. The molecule has 2 rings (SSSR count). The van der Waals surface area contributed by atoms with Gasteiger partial charge < -0.3 is 10.0 Å². The zero-order chi connectivity index (χ0) is 13.3. The van der Waals surface area contributed by atoms with Gasteiger partial charge in [-0.2, -0.15) is 0 Å². The molecule has 18 heavy (non-hydrogen) atoms. The van der Waals surface area contributed by atoms with Gasteiger partial charge in [-0.1, -0.05) is 19.1 Å². The average Bonchev–Trinajstić information content (AvgIpc) is 2.77. The number of nitrogens with zero attached hydrogens (tertiary/aromatic N) is 1. The topological polar surface area (TPSA) is 40.5 Å². The van der Waals surface area contributed by atoms with Crippen LogP contribution in [0.5, 0.6) is 0 Å². The van der Waals surface area contributed by atoms with Crippen molar-refractivity contribution < 1.29 is 14.3 Å². The third-order valence-electron chi connectivity index (χ3n) is 3.77. The quantitative estimate of drug-likeness (QED) is 0.895. The van der Waals surface area contributed by atoms with E-state index in [0.29, 0.717) is 12.1 Å². The lowest BCUT2D eigenvalue weighted by Crippen LogP contribution is -2.23. The van der Waals surface area contributed by atoms with Crippen LogP contribution in [0.15, 0.2) is 18.2 Å². The lowest BCUT2D eigenvalue weighted by Gasteiger charge is -2.16. The monoisotopic (exact) mass is 251 g/mol. The van der Waals surface area contributed by atoms with Crippen LogP contribution in [0.2, 0.25) is 0 Å². The molecule has 98 valence electrons. The Labute approximate surface area is 106 Å². The van der Waals surface area contributed by atoms with Gasteiger partial charge in [0.25, 0.3) is 0 Å². The van der Waals surface area contributed by atoms with Gasteiger partial charge in [-0.3, -0.25) is 4.79 Å². The zero-order valence-electron chi connectivity index (χ0n) is 10.7. The molecule has 1 aromatic carbocycles. The third-order valence-corrected chi connectivity index (χ3v) is 3.77. The van der Waals surface area contributed by atoms with Crippen LogP contribution < -0.4 is 0 Å². The van der Waals surface area contributed by atoms with Crippen LogP contribution in [-0.2, 0) is 4.79 Å². The van der Waals surface area contributed by atoms with Gasteiger partial charge in [-0.05, 0) is 30.7 Å². The summed E-state index contributed by atoms with van der Waals surface area (Å²) in [6, 6.07) is 4.91. The van der Waals surface area contributed by atoms with Crippen LogP contribution >= 0.6 is 0 Å². The standard InChI is InChI=1S/C14H18FNO2/c1-3-16-7-11(12(8-16)14(17)18)10-4-5-13(15)9(2)6-10/h4-6,11-12H,3,7-8H2,1-2H3,(H,17,18). The van der Waals surface area contributed by atoms with Gasteiger partial charge in [-0.25, -0.2) is 4.39 Å². The summed E-state index contributed by atoms with van der Waals surface area (Å²) in [4.78, 5) is 13.4. The maximum absolute atomic E-state index is 13.3. The van der Waals surface area contributed by atoms with Crippen LogP contribution in [-0.4, -0.2) is 35.6 Å². The fourth-order valence-electron chi connectivity index (χ4n) is 2.63. The van der Waals surface area contributed by atoms with E-state index in [4.69, 9.17) is 0 Å². The van der Waals surface area contributed by atoms with Crippen molar-refractivity contribution in [1.29, 1.82) is 0 Å². The summed E-state index contributed by atoms with van der Waals surface area (Å²) < 4.78 is 13.3. The van der Waals surface area contributed by atoms with E-state index >= 15 is 0 Å². The van der Waals surface area contributed by atoms with Crippen LogP contribution in [0.3, 0.4) is 0 Å². The van der Waals surface area contributed by atoms with E-state index < -0.39 is 11.9 Å². The summed E-state index contributed by atoms with van der Waals surface area (Å²) >= 11 is 0. The minimum Gasteiger partial charge on any atom is -0.481 e. The normalized spacial score (nSPS) is 24.4. The molecule has 2 atom stereocenters. The minimum atomic E-state index is -0.766. The van der Waals surface area contributed by atoms with E-state index in [1.165, 1.54) is 6.07 Å². The molecule has 4 heteroatoms. The molecule has 0 amide bonds. The Morgan fingerprint density at radius 1 is 1.50 bits per heavy atom. The molecule has 1 N–H and O–H groups in total. The SMILES string of the molecule is CCN1CC(C(=O)O)C(c2ccc(F)c(C)c2)C1. The molecule has 1 aromatic rings. The van der Waals surface area contributed by atoms with Crippen molar-refractivity contribution in [2.75, 3.05) is 19.6 Å². The van der Waals surface area contributed by atoms with Crippen LogP contribution in [0.1, 0.15) is 24.0 Å². The number of rotatable bonds is 3. The summed E-state index contributed by atoms with van der Waals surface area (Å²) in [5, 5.41) is 9.28. The molecule has 2 unspecified atom stereocenters. The highest BCUT2D eigenvalue weighted by atomic mass is 19.1. The van der Waals surface area contributed by atoms with Crippen molar-refractivity contribution in [2.24, 2.45) is 5.92 Å². The number of aryl methyl sites for hydroxylation is 1. The van der Waals surface area contributed by atoms with Crippen molar-refractivity contribution in [1.82, 2.24) is 4.90 Å². The fourth-order valence-corrected chi connectivity index (χ4v) is 2.63. The first-order valence-electron chi connectivity index (χ1n) is 6.24. The zero-order valence-corrected chi connectivity index (χ0v) is 10.7. The number of carbonyl (C=O) groups is 1. The Morgan fingerprint density at radius 2 is 2.22 bits per heavy atom. The number of likely N-dealkylation sites (tertiary alicyclic amines) is 1. The van der Waals surface area contributed by atoms with E-state index in [0.717, 1.165) is 18.7 Å². The van der Waals surface area contributed by atoms with Gasteiger partial charge in [-0.15, -0.1) is 0 Å². The Morgan fingerprint density at radius 3 is 2.78 bits per heavy atom. The summed E-state index contributed by atoms with van der Waals surface area (Å²) in [5.74, 6) is -1.44. The molecule has 0 radical (unpaired) electrons. The van der Waals surface area contributed by atoms with Gasteiger partial charge in [0.2, 0.25) is 0 Å². The average molecular weight is 251 g/mol. The van der Waals surface area contributed by atoms with E-state index in [2.05, 4.69) is 4.90 Å². The first-order chi connectivity index (χ1) is 8.52. The van der Waals surface area contributed by atoms with E-state index in [9.17, 15) is 14.3 Å². The molecule has 1 aliphatic rings. The molecule has 1 fully saturated rings. The molecular weight excluding hydrogens is 233 g/mol. The number of likely N-dealkylation sites (N-methyl/N-ethyl adjacent to an activating group) is 1. The largest absolute Gasteiger partial charge is 0.481 e. The molecule has 0 aliphatic carbocycles. The molecule has 3 nitrogen and oxygen atoms in total. The lowest BCUT2D eigenvalue weighted by atomic mass is 9.88. The maximum Gasteiger partial charge on any atom is 0.308 e. The van der Waals surface area contributed by atoms with E-state index in [1.54, 1.807) is 19.1 Å². The van der Waals surface area contributed by atoms with Crippen molar-refractivity contribution in [3.63, 3.8) is 0 Å². The molecule has 1 heterocycles. The first kappa shape index (κ1) is 13.0. The summed E-state index contributed by atoms with van der Waals surface area (Å²) in [6.07, 6.45) is 0. The highest BCUT2D eigenvalue weighted by Crippen LogP contribution is 2.33. The second-order valence-electron chi connectivity index (χ2n) is 4.91. The van der Waals surface area contributed by atoms with Gasteiger partial charge >= 0.3 is 5.97 Å². The van der Waals surface area contributed by atoms with Crippen LogP contribution in [0.25, 0.3) is 0 Å². The summed E-state index contributed by atoms with van der Waals surface area (Å²) in [5.41, 5.74) is 1.50. The van der Waals surface area contributed by atoms with Gasteiger partial charge in [0.1, 0.15) is 5.82 Å². The number of halogens is 1. The van der Waals surface area contributed by atoms with E-state index in [1.807, 2.05) is 6.92 Å². The van der Waals surface area contributed by atoms with Gasteiger partial charge in [0, 0.05) is 19.0 Å². The van der Waals surface area contributed by atoms with Crippen molar-refractivity contribution in [2.45, 2.75) is 19.8 Å². The predicted molar refractivity (Wildman–Crippen MR) is 67.1 cm³/mol. The Balaban J connectivity index is 2.29. The first-order valence-corrected chi connectivity index (χ1v) is 6.24. The van der Waals surface area contributed by atoms with Crippen molar-refractivity contribution in [3.05, 3.63) is 35.1 Å². The third kappa shape index (κ3) is 2.38. The number of hydrogen-bond donors (Lipinski definition) is 1. The Bertz CT molecular complexity index is 461. The maximum atomic E-state index is 13.3. The van der Waals surface area contributed by atoms with Crippen molar-refractivity contribution >= 4 is 5.97 Å². The minimum absolute atomic E-state index is 0.0400. The second kappa shape index (κ2) is 5.06. The Hall–Kier alpha value is -1.42. The molecular formula is C14H18FNO2. The highest BCUT2D eigenvalue weighted by molar-refractivity contribution is 5.72. The fraction of sp³-hybridized carbons (Fsp3) is 0.500.